The smallest absolute Gasteiger partial charge is 0.336 e. The largest absolute Gasteiger partial charge is 0.478 e. The van der Waals surface area contributed by atoms with E-state index < -0.39 is 10.9 Å². The monoisotopic (exact) mass is 320 g/mol. The molecule has 0 heterocycles. The third-order valence-electron chi connectivity index (χ3n) is 3.56. The number of aromatic carboxylic acids is 1. The van der Waals surface area contributed by atoms with Crippen molar-refractivity contribution in [1.82, 2.24) is 0 Å². The molecule has 0 atom stereocenters. The molecule has 3 aromatic carbocycles. The number of nitrogens with zero attached hydrogens (tertiary/aromatic N) is 2. The first kappa shape index (κ1) is 15.4. The molecule has 6 nitrogen and oxygen atoms in total. The van der Waals surface area contributed by atoms with E-state index >= 15 is 0 Å². The number of rotatable bonds is 4. The Morgan fingerprint density at radius 1 is 1.08 bits per heavy atom. The van der Waals surface area contributed by atoms with Crippen molar-refractivity contribution in [3.05, 3.63) is 81.9 Å². The number of hydrogen-bond acceptors (Lipinski definition) is 4. The van der Waals surface area contributed by atoms with Crippen molar-refractivity contribution >= 4 is 34.3 Å². The number of carboxylic acid groups (broad SMARTS) is 1. The van der Waals surface area contributed by atoms with Gasteiger partial charge in [-0.25, -0.2) is 4.79 Å². The molecular formula is C18H12N2O4. The summed E-state index contributed by atoms with van der Waals surface area (Å²) in [4.78, 5) is 26.0. The highest BCUT2D eigenvalue weighted by atomic mass is 16.6. The van der Waals surface area contributed by atoms with Crippen LogP contribution in [-0.4, -0.2) is 22.2 Å². The molecule has 0 aliphatic rings. The molecule has 0 saturated heterocycles. The Labute approximate surface area is 136 Å². The number of non-ortho nitro benzene ring substituents is 1. The molecule has 1 N–H and O–H groups in total. The Kier molecular flexibility index (Phi) is 4.03. The Morgan fingerprint density at radius 3 is 2.50 bits per heavy atom. The minimum absolute atomic E-state index is 0.0474. The summed E-state index contributed by atoms with van der Waals surface area (Å²) in [5.41, 5.74) is 1.20. The molecule has 0 aromatic heterocycles. The summed E-state index contributed by atoms with van der Waals surface area (Å²) >= 11 is 0. The van der Waals surface area contributed by atoms with E-state index in [9.17, 15) is 20.0 Å². The van der Waals surface area contributed by atoms with Crippen LogP contribution in [0.1, 0.15) is 15.9 Å². The molecule has 118 valence electrons. The van der Waals surface area contributed by atoms with Gasteiger partial charge in [0.15, 0.2) is 0 Å². The van der Waals surface area contributed by atoms with Gasteiger partial charge in [-0.2, -0.15) is 0 Å². The second-order valence-corrected chi connectivity index (χ2v) is 5.09. The quantitative estimate of drug-likeness (QED) is 0.443. The van der Waals surface area contributed by atoms with Crippen molar-refractivity contribution < 1.29 is 14.8 Å². The molecule has 0 amide bonds. The maximum absolute atomic E-state index is 11.4. The molecule has 0 aliphatic heterocycles. The highest BCUT2D eigenvalue weighted by Crippen LogP contribution is 2.24. The van der Waals surface area contributed by atoms with Crippen molar-refractivity contribution in [2.45, 2.75) is 0 Å². The fourth-order valence-electron chi connectivity index (χ4n) is 2.49. The van der Waals surface area contributed by atoms with Gasteiger partial charge in [0.25, 0.3) is 5.69 Å². The van der Waals surface area contributed by atoms with Gasteiger partial charge in [0.2, 0.25) is 0 Å². The van der Waals surface area contributed by atoms with Crippen LogP contribution in [0, 0.1) is 10.1 Å². The Bertz CT molecular complexity index is 974. The summed E-state index contributed by atoms with van der Waals surface area (Å²) < 4.78 is 0. The lowest BCUT2D eigenvalue weighted by Gasteiger charge is -2.05. The number of fused-ring (bicyclic) bond motifs is 1. The Hall–Kier alpha value is -3.54. The summed E-state index contributed by atoms with van der Waals surface area (Å²) in [6.07, 6.45) is 1.52. The summed E-state index contributed by atoms with van der Waals surface area (Å²) in [6, 6.07) is 16.4. The molecule has 6 heteroatoms. The highest BCUT2D eigenvalue weighted by Gasteiger charge is 2.11. The molecule has 0 bridgehead atoms. The number of benzene rings is 3. The van der Waals surface area contributed by atoms with Crippen molar-refractivity contribution in [2.75, 3.05) is 0 Å². The van der Waals surface area contributed by atoms with Crippen molar-refractivity contribution in [3.63, 3.8) is 0 Å². The van der Waals surface area contributed by atoms with Gasteiger partial charge in [0, 0.05) is 29.3 Å². The number of aliphatic imine (C=N–C) groups is 1. The standard InChI is InChI=1S/C18H12N2O4/c21-18(22)16-9-2-5-12-4-1-6-13(17(12)16)11-19-14-7-3-8-15(10-14)20(23)24/h1-11H,(H,21,22). The Balaban J connectivity index is 2.09. The van der Waals surface area contributed by atoms with Crippen molar-refractivity contribution in [1.29, 1.82) is 0 Å². The van der Waals surface area contributed by atoms with Crippen LogP contribution in [0.2, 0.25) is 0 Å². The van der Waals surface area contributed by atoms with Gasteiger partial charge in [-0.1, -0.05) is 36.4 Å². The normalized spacial score (nSPS) is 11.0. The topological polar surface area (TPSA) is 92.8 Å². The fourth-order valence-corrected chi connectivity index (χ4v) is 2.49. The predicted molar refractivity (Wildman–Crippen MR) is 91.3 cm³/mol. The van der Waals surface area contributed by atoms with E-state index in [0.717, 1.165) is 5.39 Å². The number of hydrogen-bond donors (Lipinski definition) is 1. The summed E-state index contributed by atoms with van der Waals surface area (Å²) in [5.74, 6) is -1.02. The molecule has 0 spiro atoms. The van der Waals surface area contributed by atoms with Gasteiger partial charge in [0.1, 0.15) is 0 Å². The molecule has 0 aliphatic carbocycles. The van der Waals surface area contributed by atoms with Crippen LogP contribution in [0.25, 0.3) is 10.8 Å². The fraction of sp³-hybridized carbons (Fsp3) is 0. The van der Waals surface area contributed by atoms with Gasteiger partial charge in [-0.3, -0.25) is 15.1 Å². The molecule has 0 unspecified atom stereocenters. The number of carbonyl (C=O) groups is 1. The van der Waals surface area contributed by atoms with Gasteiger partial charge >= 0.3 is 5.97 Å². The van der Waals surface area contributed by atoms with Gasteiger partial charge < -0.3 is 5.11 Å². The molecular weight excluding hydrogens is 308 g/mol. The predicted octanol–water partition coefficient (Wildman–Crippen LogP) is 4.20. The summed E-state index contributed by atoms with van der Waals surface area (Å²) in [6.45, 7) is 0. The average molecular weight is 320 g/mol. The van der Waals surface area contributed by atoms with Crippen LogP contribution in [-0.2, 0) is 0 Å². The van der Waals surface area contributed by atoms with Crippen LogP contribution in [0.5, 0.6) is 0 Å². The molecule has 0 fully saturated rings. The minimum atomic E-state index is -1.02. The summed E-state index contributed by atoms with van der Waals surface area (Å²) in [5, 5.41) is 21.6. The zero-order valence-electron chi connectivity index (χ0n) is 12.4. The summed E-state index contributed by atoms with van der Waals surface area (Å²) in [7, 11) is 0. The first-order valence-corrected chi connectivity index (χ1v) is 7.10. The molecule has 0 saturated carbocycles. The number of carboxylic acids is 1. The van der Waals surface area contributed by atoms with Crippen LogP contribution < -0.4 is 0 Å². The van der Waals surface area contributed by atoms with E-state index in [-0.39, 0.29) is 11.3 Å². The van der Waals surface area contributed by atoms with Gasteiger partial charge in [-0.05, 0) is 17.5 Å². The van der Waals surface area contributed by atoms with Crippen LogP contribution in [0.3, 0.4) is 0 Å². The molecule has 3 aromatic rings. The van der Waals surface area contributed by atoms with E-state index in [0.29, 0.717) is 16.6 Å². The van der Waals surface area contributed by atoms with Crippen LogP contribution in [0.15, 0.2) is 65.7 Å². The lowest BCUT2D eigenvalue weighted by Crippen LogP contribution is -1.99. The van der Waals surface area contributed by atoms with E-state index in [1.54, 1.807) is 24.3 Å². The van der Waals surface area contributed by atoms with Crippen molar-refractivity contribution in [3.8, 4) is 0 Å². The molecule has 3 rings (SSSR count). The van der Waals surface area contributed by atoms with E-state index in [2.05, 4.69) is 4.99 Å². The third kappa shape index (κ3) is 2.98. The lowest BCUT2D eigenvalue weighted by atomic mass is 10.00. The van der Waals surface area contributed by atoms with Crippen molar-refractivity contribution in [2.24, 2.45) is 4.99 Å². The highest BCUT2D eigenvalue weighted by molar-refractivity contribution is 6.10. The van der Waals surface area contributed by atoms with Crippen LogP contribution >= 0.6 is 0 Å². The third-order valence-corrected chi connectivity index (χ3v) is 3.56. The van der Waals surface area contributed by atoms with E-state index in [4.69, 9.17) is 0 Å². The Morgan fingerprint density at radius 2 is 1.79 bits per heavy atom. The molecule has 24 heavy (non-hydrogen) atoms. The zero-order valence-corrected chi connectivity index (χ0v) is 12.4. The van der Waals surface area contributed by atoms with Gasteiger partial charge in [0.05, 0.1) is 16.2 Å². The number of nitro groups is 1. The maximum Gasteiger partial charge on any atom is 0.336 e. The SMILES string of the molecule is O=C(O)c1cccc2cccc(C=Nc3cccc([N+](=O)[O-])c3)c12. The second-order valence-electron chi connectivity index (χ2n) is 5.09. The van der Waals surface area contributed by atoms with Crippen LogP contribution in [0.4, 0.5) is 11.4 Å². The number of nitro benzene ring substituents is 1. The van der Waals surface area contributed by atoms with Gasteiger partial charge in [-0.15, -0.1) is 0 Å². The second kappa shape index (κ2) is 6.29. The lowest BCUT2D eigenvalue weighted by molar-refractivity contribution is -0.384. The maximum atomic E-state index is 11.4. The minimum Gasteiger partial charge on any atom is -0.478 e. The first-order valence-electron chi connectivity index (χ1n) is 7.10. The molecule has 0 radical (unpaired) electrons. The van der Waals surface area contributed by atoms with E-state index in [1.807, 2.05) is 18.2 Å². The van der Waals surface area contributed by atoms with E-state index in [1.165, 1.54) is 24.4 Å². The zero-order chi connectivity index (χ0) is 17.1. The average Bonchev–Trinajstić information content (AvgIpc) is 2.59. The first-order chi connectivity index (χ1) is 11.6.